The second kappa shape index (κ2) is 6.26. The van der Waals surface area contributed by atoms with Gasteiger partial charge in [0.1, 0.15) is 18.1 Å². The summed E-state index contributed by atoms with van der Waals surface area (Å²) in [5, 5.41) is 15.7. The number of aromatic nitrogens is 7. The maximum absolute atomic E-state index is 12.1. The van der Waals surface area contributed by atoms with Crippen molar-refractivity contribution in [1.82, 2.24) is 34.8 Å². The van der Waals surface area contributed by atoms with E-state index in [0.717, 1.165) is 14.9 Å². The van der Waals surface area contributed by atoms with Crippen LogP contribution in [0, 0.1) is 6.92 Å². The molecule has 0 aliphatic heterocycles. The molecule has 0 amide bonds. The predicted octanol–water partition coefficient (Wildman–Crippen LogP) is 1.03. The summed E-state index contributed by atoms with van der Waals surface area (Å²) in [5.41, 5.74) is 1.06. The third kappa shape index (κ3) is 2.80. The van der Waals surface area contributed by atoms with E-state index in [1.807, 2.05) is 20.8 Å². The molecule has 24 heavy (non-hydrogen) atoms. The van der Waals surface area contributed by atoms with E-state index in [9.17, 15) is 4.79 Å². The summed E-state index contributed by atoms with van der Waals surface area (Å²) in [6.07, 6.45) is 0. The zero-order valence-corrected chi connectivity index (χ0v) is 14.0. The number of hydrogen-bond donors (Lipinski definition) is 0. The van der Waals surface area contributed by atoms with Crippen molar-refractivity contribution in [2.45, 2.75) is 33.4 Å². The van der Waals surface area contributed by atoms with E-state index in [-0.39, 0.29) is 12.6 Å². The average Bonchev–Trinajstić information content (AvgIpc) is 3.11. The molecular weight excluding hydrogens is 310 g/mol. The number of aryl methyl sites for hydroxylation is 2. The lowest BCUT2D eigenvalue weighted by atomic mass is 10.2. The van der Waals surface area contributed by atoms with E-state index in [0.29, 0.717) is 23.3 Å². The molecule has 3 rings (SSSR count). The summed E-state index contributed by atoms with van der Waals surface area (Å²) < 4.78 is 17.4. The molecule has 0 aliphatic carbocycles. The minimum atomic E-state index is -0.410. The van der Waals surface area contributed by atoms with Gasteiger partial charge in [0, 0.05) is 13.1 Å². The van der Waals surface area contributed by atoms with Gasteiger partial charge in [-0.15, -0.1) is 9.78 Å². The van der Waals surface area contributed by atoms with Crippen molar-refractivity contribution in [3.8, 4) is 11.6 Å². The van der Waals surface area contributed by atoms with Gasteiger partial charge in [-0.2, -0.15) is 4.68 Å². The highest BCUT2D eigenvalue weighted by molar-refractivity contribution is 5.33. The maximum atomic E-state index is 12.1. The summed E-state index contributed by atoms with van der Waals surface area (Å²) in [6, 6.07) is 5.58. The van der Waals surface area contributed by atoms with Crippen LogP contribution in [0.25, 0.3) is 5.82 Å². The molecule has 0 spiro atoms. The van der Waals surface area contributed by atoms with Gasteiger partial charge < -0.3 is 4.74 Å². The Morgan fingerprint density at radius 3 is 2.71 bits per heavy atom. The van der Waals surface area contributed by atoms with E-state index in [2.05, 4.69) is 20.7 Å². The van der Waals surface area contributed by atoms with Crippen LogP contribution < -0.4 is 10.4 Å². The molecule has 9 heteroatoms. The number of para-hydroxylation sites is 1. The number of rotatable bonds is 5. The molecule has 9 nitrogen and oxygen atoms in total. The molecule has 3 aromatic rings. The van der Waals surface area contributed by atoms with Crippen LogP contribution in [0.2, 0.25) is 0 Å². The highest BCUT2D eigenvalue weighted by Gasteiger charge is 2.21. The van der Waals surface area contributed by atoms with Gasteiger partial charge in [0.15, 0.2) is 0 Å². The largest absolute Gasteiger partial charge is 0.487 e. The van der Waals surface area contributed by atoms with Crippen molar-refractivity contribution in [3.05, 3.63) is 46.0 Å². The molecule has 2 heterocycles. The van der Waals surface area contributed by atoms with Crippen molar-refractivity contribution in [2.75, 3.05) is 0 Å². The Balaban J connectivity index is 1.97. The molecule has 0 bridgehead atoms. The summed E-state index contributed by atoms with van der Waals surface area (Å²) >= 11 is 0. The lowest BCUT2D eigenvalue weighted by Gasteiger charge is -2.13. The molecule has 0 radical (unpaired) electrons. The number of benzene rings is 1. The van der Waals surface area contributed by atoms with Gasteiger partial charge in [-0.05, 0) is 42.8 Å². The maximum Gasteiger partial charge on any atom is 0.369 e. The van der Waals surface area contributed by atoms with Crippen LogP contribution in [-0.4, -0.2) is 34.8 Å². The summed E-state index contributed by atoms with van der Waals surface area (Å²) in [4.78, 5) is 12.1. The van der Waals surface area contributed by atoms with Gasteiger partial charge in [0.2, 0.25) is 5.82 Å². The molecule has 0 fully saturated rings. The van der Waals surface area contributed by atoms with Gasteiger partial charge in [0.05, 0.1) is 1.37 Å². The van der Waals surface area contributed by atoms with E-state index in [1.54, 1.807) is 22.9 Å². The molecule has 2 aromatic heterocycles. The Kier molecular flexibility index (Phi) is 3.81. The standard InChI is InChI=1S/C15H19N7O2/c1-10(2)21-12(9-24-13-8-6-5-7-11(13)3)14(16-17-21)22-15(23)20(4)18-19-22/h5-8,10H,9H2,1-4H3/i5T. The van der Waals surface area contributed by atoms with Crippen molar-refractivity contribution in [3.63, 3.8) is 0 Å². The quantitative estimate of drug-likeness (QED) is 0.693. The van der Waals surface area contributed by atoms with E-state index >= 15 is 0 Å². The Labute approximate surface area is 139 Å². The SMILES string of the molecule is [3H]c1ccc(OCc2c(-n3nnn(C)c3=O)nnn2C(C)C)c(C)c1. The van der Waals surface area contributed by atoms with Gasteiger partial charge in [-0.1, -0.05) is 23.4 Å². The van der Waals surface area contributed by atoms with Gasteiger partial charge in [0.25, 0.3) is 0 Å². The summed E-state index contributed by atoms with van der Waals surface area (Å²) in [5.74, 6) is 0.950. The molecular formula is C15H19N7O2. The topological polar surface area (TPSA) is 92.7 Å². The smallest absolute Gasteiger partial charge is 0.369 e. The third-order valence-electron chi connectivity index (χ3n) is 3.57. The minimum Gasteiger partial charge on any atom is -0.487 e. The van der Waals surface area contributed by atoms with Gasteiger partial charge in [-0.3, -0.25) is 0 Å². The number of ether oxygens (including phenoxy) is 1. The van der Waals surface area contributed by atoms with Crippen molar-refractivity contribution in [1.29, 1.82) is 0 Å². The fourth-order valence-corrected chi connectivity index (χ4v) is 2.27. The van der Waals surface area contributed by atoms with Crippen LogP contribution in [0.4, 0.5) is 0 Å². The number of nitrogens with zero attached hydrogens (tertiary/aromatic N) is 7. The first-order chi connectivity index (χ1) is 11.9. The van der Waals surface area contributed by atoms with Gasteiger partial charge in [-0.25, -0.2) is 9.48 Å². The zero-order valence-electron chi connectivity index (χ0n) is 15.0. The van der Waals surface area contributed by atoms with E-state index in [1.165, 1.54) is 7.05 Å². The number of hydrogen-bond acceptors (Lipinski definition) is 6. The molecule has 0 N–H and O–H groups in total. The van der Waals surface area contributed by atoms with Crippen molar-refractivity contribution >= 4 is 0 Å². The molecule has 126 valence electrons. The highest BCUT2D eigenvalue weighted by atomic mass is 16.5. The van der Waals surface area contributed by atoms with Crippen LogP contribution in [-0.2, 0) is 13.7 Å². The fraction of sp³-hybridized carbons (Fsp3) is 0.400. The molecule has 0 atom stereocenters. The van der Waals surface area contributed by atoms with Crippen LogP contribution in [0.1, 0.15) is 32.5 Å². The van der Waals surface area contributed by atoms with Gasteiger partial charge >= 0.3 is 5.69 Å². The molecule has 0 saturated carbocycles. The normalized spacial score (nSPS) is 11.8. The van der Waals surface area contributed by atoms with E-state index < -0.39 is 5.69 Å². The summed E-state index contributed by atoms with van der Waals surface area (Å²) in [7, 11) is 1.51. The van der Waals surface area contributed by atoms with Crippen LogP contribution in [0.15, 0.2) is 29.0 Å². The summed E-state index contributed by atoms with van der Waals surface area (Å²) in [6.45, 7) is 5.95. The molecule has 0 unspecified atom stereocenters. The van der Waals surface area contributed by atoms with Crippen molar-refractivity contribution in [2.24, 2.45) is 7.05 Å². The van der Waals surface area contributed by atoms with E-state index in [4.69, 9.17) is 6.11 Å². The monoisotopic (exact) mass is 331 g/mol. The second-order valence-electron chi connectivity index (χ2n) is 5.68. The first-order valence-corrected chi connectivity index (χ1v) is 7.52. The molecule has 0 aliphatic rings. The van der Waals surface area contributed by atoms with Crippen LogP contribution in [0.3, 0.4) is 0 Å². The Bertz CT molecular complexity index is 957. The Morgan fingerprint density at radius 2 is 2.08 bits per heavy atom. The fourth-order valence-electron chi connectivity index (χ4n) is 2.27. The zero-order chi connectivity index (χ0) is 18.1. The first kappa shape index (κ1) is 14.6. The lowest BCUT2D eigenvalue weighted by Crippen LogP contribution is -2.23. The van der Waals surface area contributed by atoms with Crippen LogP contribution >= 0.6 is 0 Å². The lowest BCUT2D eigenvalue weighted by molar-refractivity contribution is 0.285. The highest BCUT2D eigenvalue weighted by Crippen LogP contribution is 2.20. The number of tetrazole rings is 1. The Hall–Kier alpha value is -2.97. The minimum absolute atomic E-state index is 0.0314. The second-order valence-corrected chi connectivity index (χ2v) is 5.68. The van der Waals surface area contributed by atoms with Crippen LogP contribution in [0.5, 0.6) is 5.75 Å². The molecule has 0 saturated heterocycles. The predicted molar refractivity (Wildman–Crippen MR) is 86.1 cm³/mol. The van der Waals surface area contributed by atoms with Crippen molar-refractivity contribution < 1.29 is 6.11 Å². The Morgan fingerprint density at radius 1 is 1.29 bits per heavy atom. The molecule has 1 aromatic carbocycles. The third-order valence-corrected chi connectivity index (χ3v) is 3.57. The average molecular weight is 331 g/mol. The first-order valence-electron chi connectivity index (χ1n) is 8.02.